The Balaban J connectivity index is 4.03. The van der Waals surface area contributed by atoms with Crippen molar-refractivity contribution in [2.45, 2.75) is 6.92 Å². The summed E-state index contributed by atoms with van der Waals surface area (Å²) in [6.45, 7) is 4.94. The summed E-state index contributed by atoms with van der Waals surface area (Å²) in [7, 11) is 0.483. The van der Waals surface area contributed by atoms with Crippen LogP contribution in [0.3, 0.4) is 0 Å². The molecule has 0 aromatic rings. The van der Waals surface area contributed by atoms with Crippen LogP contribution in [-0.2, 0) is 14.0 Å². The van der Waals surface area contributed by atoms with Crippen molar-refractivity contribution >= 4 is 16.5 Å². The van der Waals surface area contributed by atoms with Crippen LogP contribution >= 0.6 is 0 Å². The molecule has 0 unspecified atom stereocenters. The molecule has 0 aliphatic rings. The van der Waals surface area contributed by atoms with Gasteiger partial charge < -0.3 is 9.16 Å². The average molecular weight is 158 g/mol. The van der Waals surface area contributed by atoms with Gasteiger partial charge in [-0.3, -0.25) is 0 Å². The lowest BCUT2D eigenvalue weighted by atomic mass is 10.5. The van der Waals surface area contributed by atoms with Crippen molar-refractivity contribution in [3.05, 3.63) is 24.7 Å². The number of carbonyl (C=O) groups excluding carboxylic acids is 1. The number of hydrogen-bond acceptors (Lipinski definition) is 3. The van der Waals surface area contributed by atoms with Crippen molar-refractivity contribution in [1.82, 2.24) is 0 Å². The first-order chi connectivity index (χ1) is 4.76. The molecule has 0 fully saturated rings. The highest BCUT2D eigenvalue weighted by Crippen LogP contribution is 1.97. The maximum Gasteiger partial charge on any atom is 0.376 e. The van der Waals surface area contributed by atoms with E-state index in [0.29, 0.717) is 10.5 Å². The van der Waals surface area contributed by atoms with Crippen molar-refractivity contribution in [3.8, 4) is 0 Å². The van der Waals surface area contributed by atoms with Crippen molar-refractivity contribution in [3.63, 3.8) is 0 Å². The van der Waals surface area contributed by atoms with E-state index in [1.54, 1.807) is 13.0 Å². The molecule has 0 aromatic carbocycles. The first kappa shape index (κ1) is 8.97. The highest BCUT2D eigenvalue weighted by Gasteiger charge is 2.06. The van der Waals surface area contributed by atoms with Crippen LogP contribution in [-0.4, -0.2) is 16.5 Å². The molecule has 0 bridgehead atoms. The summed E-state index contributed by atoms with van der Waals surface area (Å²) < 4.78 is 9.23. The van der Waals surface area contributed by atoms with Crippen molar-refractivity contribution in [1.29, 1.82) is 0 Å². The summed E-state index contributed by atoms with van der Waals surface area (Å²) >= 11 is 0. The number of carbonyl (C=O) groups is 1. The molecule has 3 nitrogen and oxygen atoms in total. The van der Waals surface area contributed by atoms with Gasteiger partial charge >= 0.3 is 5.97 Å². The third-order valence-electron chi connectivity index (χ3n) is 0.874. The van der Waals surface area contributed by atoms with Crippen molar-refractivity contribution < 1.29 is 14.0 Å². The predicted molar refractivity (Wildman–Crippen MR) is 41.1 cm³/mol. The van der Waals surface area contributed by atoms with Crippen LogP contribution in [0.1, 0.15) is 6.92 Å². The van der Waals surface area contributed by atoms with Gasteiger partial charge in [-0.05, 0) is 13.0 Å². The van der Waals surface area contributed by atoms with E-state index in [9.17, 15) is 4.79 Å². The lowest BCUT2D eigenvalue weighted by molar-refractivity contribution is -0.135. The predicted octanol–water partition coefficient (Wildman–Crippen LogP) is -0.126. The first-order valence-corrected chi connectivity index (χ1v) is 3.60. The molecule has 56 valence electrons. The van der Waals surface area contributed by atoms with Gasteiger partial charge in [0.05, 0.1) is 6.26 Å². The lowest BCUT2D eigenvalue weighted by Crippen LogP contribution is -2.05. The monoisotopic (exact) mass is 158 g/mol. The van der Waals surface area contributed by atoms with E-state index < -0.39 is 5.97 Å². The average Bonchev–Trinajstić information content (AvgIpc) is 1.91. The van der Waals surface area contributed by atoms with Gasteiger partial charge in [0.2, 0.25) is 10.5 Å². The molecular formula is C6H10O3Si. The van der Waals surface area contributed by atoms with Gasteiger partial charge in [-0.25, -0.2) is 4.79 Å². The topological polar surface area (TPSA) is 35.5 Å². The summed E-state index contributed by atoms with van der Waals surface area (Å²) in [5.41, 5.74) is 0. The van der Waals surface area contributed by atoms with Crippen molar-refractivity contribution in [2.24, 2.45) is 0 Å². The van der Waals surface area contributed by atoms with Gasteiger partial charge in [0.25, 0.3) is 0 Å². The van der Waals surface area contributed by atoms with E-state index in [-0.39, 0.29) is 5.76 Å². The van der Waals surface area contributed by atoms with Gasteiger partial charge in [0.1, 0.15) is 0 Å². The molecule has 0 heterocycles. The smallest absolute Gasteiger partial charge is 0.376 e. The molecule has 0 atom stereocenters. The zero-order chi connectivity index (χ0) is 7.98. The van der Waals surface area contributed by atoms with Crippen LogP contribution in [0.25, 0.3) is 0 Å². The molecule has 0 amide bonds. The third-order valence-corrected chi connectivity index (χ3v) is 1.31. The van der Waals surface area contributed by atoms with Crippen LogP contribution in [0, 0.1) is 0 Å². The van der Waals surface area contributed by atoms with Crippen LogP contribution in [0.15, 0.2) is 24.7 Å². The van der Waals surface area contributed by atoms with E-state index in [4.69, 9.17) is 4.43 Å². The molecule has 0 saturated carbocycles. The molecule has 0 aromatic heterocycles. The SMILES string of the molecule is C=COC(=O)C(=CC)O[SiH3]. The third kappa shape index (κ3) is 2.50. The van der Waals surface area contributed by atoms with Crippen LogP contribution in [0.2, 0.25) is 0 Å². The van der Waals surface area contributed by atoms with Gasteiger partial charge in [-0.1, -0.05) is 6.58 Å². The van der Waals surface area contributed by atoms with Crippen LogP contribution in [0.5, 0.6) is 0 Å². The standard InChI is InChI=1S/C6H10O3Si/c1-3-5(9-10)6(7)8-4-2/h3-4H,2H2,1,10H3. The Morgan fingerprint density at radius 3 is 2.60 bits per heavy atom. The minimum absolute atomic E-state index is 0.242. The molecule has 10 heavy (non-hydrogen) atoms. The minimum Gasteiger partial charge on any atom is -0.549 e. The summed E-state index contributed by atoms with van der Waals surface area (Å²) in [4.78, 5) is 10.7. The molecule has 0 aliphatic heterocycles. The number of ether oxygens (including phenoxy) is 1. The molecular weight excluding hydrogens is 148 g/mol. The summed E-state index contributed by atoms with van der Waals surface area (Å²) in [6.07, 6.45) is 2.63. The Bertz CT molecular complexity index is 162. The van der Waals surface area contributed by atoms with Gasteiger partial charge in [0.15, 0.2) is 5.76 Å². The Hall–Kier alpha value is -1.03. The van der Waals surface area contributed by atoms with E-state index >= 15 is 0 Å². The van der Waals surface area contributed by atoms with E-state index in [1.165, 1.54) is 0 Å². The minimum atomic E-state index is -0.493. The maximum absolute atomic E-state index is 10.7. The van der Waals surface area contributed by atoms with Gasteiger partial charge in [-0.2, -0.15) is 0 Å². The largest absolute Gasteiger partial charge is 0.549 e. The van der Waals surface area contributed by atoms with E-state index in [1.807, 2.05) is 0 Å². The van der Waals surface area contributed by atoms with Crippen molar-refractivity contribution in [2.75, 3.05) is 0 Å². The highest BCUT2D eigenvalue weighted by atomic mass is 28.2. The molecule has 0 aliphatic carbocycles. The molecule has 0 spiro atoms. The van der Waals surface area contributed by atoms with E-state index in [0.717, 1.165) is 6.26 Å². The number of allylic oxidation sites excluding steroid dienone is 1. The zero-order valence-corrected chi connectivity index (χ0v) is 8.09. The highest BCUT2D eigenvalue weighted by molar-refractivity contribution is 6.02. The molecule has 0 radical (unpaired) electrons. The number of rotatable bonds is 3. The Morgan fingerprint density at radius 2 is 2.30 bits per heavy atom. The van der Waals surface area contributed by atoms with Crippen LogP contribution in [0.4, 0.5) is 0 Å². The fourth-order valence-electron chi connectivity index (χ4n) is 0.453. The normalized spacial score (nSPS) is 10.7. The van der Waals surface area contributed by atoms with Gasteiger partial charge in [0, 0.05) is 0 Å². The maximum atomic E-state index is 10.7. The quantitative estimate of drug-likeness (QED) is 0.248. The molecule has 4 heteroatoms. The summed E-state index contributed by atoms with van der Waals surface area (Å²) in [5.74, 6) is -0.251. The number of esters is 1. The summed E-state index contributed by atoms with van der Waals surface area (Å²) in [6, 6.07) is 0. The zero-order valence-electron chi connectivity index (χ0n) is 6.09. The number of hydrogen-bond donors (Lipinski definition) is 0. The second-order valence-electron chi connectivity index (χ2n) is 1.43. The summed E-state index contributed by atoms with van der Waals surface area (Å²) in [5, 5.41) is 0. The molecule has 0 rings (SSSR count). The second kappa shape index (κ2) is 4.81. The Labute approximate surface area is 62.9 Å². The fourth-order valence-corrected chi connectivity index (χ4v) is 0.855. The Morgan fingerprint density at radius 1 is 1.70 bits per heavy atom. The molecule has 0 N–H and O–H groups in total. The molecule has 0 saturated heterocycles. The Kier molecular flexibility index (Phi) is 4.31. The fraction of sp³-hybridized carbons (Fsp3) is 0.167. The van der Waals surface area contributed by atoms with E-state index in [2.05, 4.69) is 11.3 Å². The second-order valence-corrected chi connectivity index (χ2v) is 1.84. The lowest BCUT2D eigenvalue weighted by Gasteiger charge is -2.01. The first-order valence-electron chi connectivity index (χ1n) is 2.78. The van der Waals surface area contributed by atoms with Gasteiger partial charge in [-0.15, -0.1) is 0 Å². The van der Waals surface area contributed by atoms with Crippen LogP contribution < -0.4 is 0 Å².